The second kappa shape index (κ2) is 6.02. The summed E-state index contributed by atoms with van der Waals surface area (Å²) < 4.78 is 2.02. The molecule has 0 fully saturated rings. The van der Waals surface area contributed by atoms with Gasteiger partial charge in [0.05, 0.1) is 12.4 Å². The standard InChI is InChI=1S/C13H17N3OS/c1-10-14-15-13(16(10)2)9-18-8-12-5-3-11(7-17)4-6-12/h3-6,17H,7-9H2,1-2H3. The van der Waals surface area contributed by atoms with Gasteiger partial charge >= 0.3 is 0 Å². The highest BCUT2D eigenvalue weighted by Gasteiger charge is 2.04. The molecule has 1 N–H and O–H groups in total. The molecule has 0 aliphatic heterocycles. The average Bonchev–Trinajstić information content (AvgIpc) is 2.71. The van der Waals surface area contributed by atoms with Crippen LogP contribution in [0.25, 0.3) is 0 Å². The van der Waals surface area contributed by atoms with Crippen molar-refractivity contribution in [3.63, 3.8) is 0 Å². The predicted molar refractivity (Wildman–Crippen MR) is 73.1 cm³/mol. The molecule has 4 nitrogen and oxygen atoms in total. The van der Waals surface area contributed by atoms with Crippen LogP contribution in [-0.4, -0.2) is 19.9 Å². The summed E-state index contributed by atoms with van der Waals surface area (Å²) in [6.45, 7) is 2.06. The van der Waals surface area contributed by atoms with Gasteiger partial charge in [-0.1, -0.05) is 24.3 Å². The van der Waals surface area contributed by atoms with Gasteiger partial charge in [0.2, 0.25) is 0 Å². The third-order valence-corrected chi connectivity index (χ3v) is 3.89. The highest BCUT2D eigenvalue weighted by atomic mass is 32.2. The molecule has 18 heavy (non-hydrogen) atoms. The van der Waals surface area contributed by atoms with Gasteiger partial charge in [-0.2, -0.15) is 0 Å². The lowest BCUT2D eigenvalue weighted by molar-refractivity contribution is 0.282. The van der Waals surface area contributed by atoms with Crippen LogP contribution in [0.1, 0.15) is 22.8 Å². The summed E-state index contributed by atoms with van der Waals surface area (Å²) in [5.74, 6) is 3.75. The van der Waals surface area contributed by atoms with E-state index in [-0.39, 0.29) is 6.61 Å². The minimum absolute atomic E-state index is 0.103. The maximum Gasteiger partial charge on any atom is 0.142 e. The molecule has 96 valence electrons. The zero-order chi connectivity index (χ0) is 13.0. The summed E-state index contributed by atoms with van der Waals surface area (Å²) in [5.41, 5.74) is 2.21. The molecule has 2 rings (SSSR count). The molecule has 1 aromatic heterocycles. The van der Waals surface area contributed by atoms with E-state index in [1.54, 1.807) is 0 Å². The fourth-order valence-corrected chi connectivity index (χ4v) is 2.54. The number of benzene rings is 1. The fraction of sp³-hybridized carbons (Fsp3) is 0.385. The molecule has 0 radical (unpaired) electrons. The van der Waals surface area contributed by atoms with Crippen LogP contribution in [0.4, 0.5) is 0 Å². The SMILES string of the molecule is Cc1nnc(CSCc2ccc(CO)cc2)n1C. The average molecular weight is 263 g/mol. The highest BCUT2D eigenvalue weighted by molar-refractivity contribution is 7.97. The van der Waals surface area contributed by atoms with Crippen LogP contribution in [0, 0.1) is 6.92 Å². The Balaban J connectivity index is 1.86. The molecule has 0 amide bonds. The van der Waals surface area contributed by atoms with E-state index >= 15 is 0 Å². The Kier molecular flexibility index (Phi) is 4.38. The lowest BCUT2D eigenvalue weighted by Gasteiger charge is -2.03. The monoisotopic (exact) mass is 263 g/mol. The van der Waals surface area contributed by atoms with E-state index in [1.807, 2.05) is 42.4 Å². The molecule has 1 aromatic carbocycles. The fourth-order valence-electron chi connectivity index (χ4n) is 1.58. The molecule has 0 spiro atoms. The van der Waals surface area contributed by atoms with Crippen LogP contribution in [0.5, 0.6) is 0 Å². The number of aliphatic hydroxyl groups is 1. The van der Waals surface area contributed by atoms with Gasteiger partial charge in [-0.15, -0.1) is 22.0 Å². The van der Waals surface area contributed by atoms with Crippen molar-refractivity contribution in [2.75, 3.05) is 0 Å². The Morgan fingerprint density at radius 2 is 1.78 bits per heavy atom. The summed E-state index contributed by atoms with van der Waals surface area (Å²) in [6.07, 6.45) is 0. The third-order valence-electron chi connectivity index (χ3n) is 2.89. The quantitative estimate of drug-likeness (QED) is 0.897. The molecule has 0 aliphatic rings. The Hall–Kier alpha value is -1.33. The number of aryl methyl sites for hydroxylation is 1. The van der Waals surface area contributed by atoms with Gasteiger partial charge in [0, 0.05) is 12.8 Å². The first kappa shape index (κ1) is 13.1. The summed E-state index contributed by atoms with van der Waals surface area (Å²) >= 11 is 1.81. The van der Waals surface area contributed by atoms with E-state index in [4.69, 9.17) is 5.11 Å². The molecule has 0 saturated heterocycles. The molecule has 1 heterocycles. The summed E-state index contributed by atoms with van der Waals surface area (Å²) in [7, 11) is 1.99. The minimum atomic E-state index is 0.103. The summed E-state index contributed by atoms with van der Waals surface area (Å²) in [5, 5.41) is 17.1. The Labute approximate surface area is 111 Å². The maximum atomic E-state index is 8.96. The van der Waals surface area contributed by atoms with Crippen molar-refractivity contribution in [3.05, 3.63) is 47.0 Å². The summed E-state index contributed by atoms with van der Waals surface area (Å²) in [4.78, 5) is 0. The zero-order valence-corrected chi connectivity index (χ0v) is 11.4. The van der Waals surface area contributed by atoms with Crippen molar-refractivity contribution >= 4 is 11.8 Å². The van der Waals surface area contributed by atoms with Crippen LogP contribution in [0.3, 0.4) is 0 Å². The molecule has 0 atom stereocenters. The lowest BCUT2D eigenvalue weighted by atomic mass is 10.2. The minimum Gasteiger partial charge on any atom is -0.392 e. The number of thioether (sulfide) groups is 1. The normalized spacial score (nSPS) is 10.8. The number of nitrogens with zero attached hydrogens (tertiary/aromatic N) is 3. The number of aromatic nitrogens is 3. The van der Waals surface area contributed by atoms with Gasteiger partial charge in [0.25, 0.3) is 0 Å². The van der Waals surface area contributed by atoms with Crippen molar-refractivity contribution in [2.24, 2.45) is 7.05 Å². The van der Waals surface area contributed by atoms with Gasteiger partial charge in [-0.05, 0) is 18.1 Å². The van der Waals surface area contributed by atoms with Crippen LogP contribution in [-0.2, 0) is 25.2 Å². The second-order valence-corrected chi connectivity index (χ2v) is 5.18. The highest BCUT2D eigenvalue weighted by Crippen LogP contribution is 2.17. The van der Waals surface area contributed by atoms with Gasteiger partial charge in [0.1, 0.15) is 11.6 Å². The van der Waals surface area contributed by atoms with E-state index in [2.05, 4.69) is 22.3 Å². The van der Waals surface area contributed by atoms with Crippen molar-refractivity contribution in [1.29, 1.82) is 0 Å². The smallest absolute Gasteiger partial charge is 0.142 e. The van der Waals surface area contributed by atoms with E-state index in [0.717, 1.165) is 28.7 Å². The molecule has 0 aliphatic carbocycles. The molecule has 0 saturated carbocycles. The Morgan fingerprint density at radius 1 is 1.11 bits per heavy atom. The third kappa shape index (κ3) is 3.11. The first-order valence-electron chi connectivity index (χ1n) is 5.82. The first-order valence-corrected chi connectivity index (χ1v) is 6.97. The first-order chi connectivity index (χ1) is 8.70. The number of aliphatic hydroxyl groups excluding tert-OH is 1. The van der Waals surface area contributed by atoms with E-state index in [9.17, 15) is 0 Å². The second-order valence-electron chi connectivity index (χ2n) is 4.19. The molecular weight excluding hydrogens is 246 g/mol. The topological polar surface area (TPSA) is 50.9 Å². The van der Waals surface area contributed by atoms with Gasteiger partial charge in [-0.25, -0.2) is 0 Å². The number of hydrogen-bond acceptors (Lipinski definition) is 4. The van der Waals surface area contributed by atoms with Gasteiger partial charge in [-0.3, -0.25) is 0 Å². The largest absolute Gasteiger partial charge is 0.392 e. The van der Waals surface area contributed by atoms with Crippen molar-refractivity contribution < 1.29 is 5.11 Å². The van der Waals surface area contributed by atoms with Gasteiger partial charge in [0.15, 0.2) is 0 Å². The van der Waals surface area contributed by atoms with E-state index in [0.29, 0.717) is 0 Å². The number of hydrogen-bond donors (Lipinski definition) is 1. The van der Waals surface area contributed by atoms with Crippen LogP contribution >= 0.6 is 11.8 Å². The molecule has 2 aromatic rings. The zero-order valence-electron chi connectivity index (χ0n) is 10.6. The van der Waals surface area contributed by atoms with E-state index < -0.39 is 0 Å². The predicted octanol–water partition coefficient (Wildman–Crippen LogP) is 2.05. The van der Waals surface area contributed by atoms with Crippen LogP contribution in [0.15, 0.2) is 24.3 Å². The lowest BCUT2D eigenvalue weighted by Crippen LogP contribution is -1.97. The Bertz CT molecular complexity index is 507. The molecule has 0 bridgehead atoms. The van der Waals surface area contributed by atoms with Crippen LogP contribution < -0.4 is 0 Å². The molecular formula is C13H17N3OS. The van der Waals surface area contributed by atoms with Crippen molar-refractivity contribution in [3.8, 4) is 0 Å². The molecule has 5 heteroatoms. The van der Waals surface area contributed by atoms with Crippen molar-refractivity contribution in [2.45, 2.75) is 25.0 Å². The maximum absolute atomic E-state index is 8.96. The summed E-state index contributed by atoms with van der Waals surface area (Å²) in [6, 6.07) is 8.03. The number of rotatable bonds is 5. The van der Waals surface area contributed by atoms with Crippen LogP contribution in [0.2, 0.25) is 0 Å². The molecule has 0 unspecified atom stereocenters. The van der Waals surface area contributed by atoms with Gasteiger partial charge < -0.3 is 9.67 Å². The van der Waals surface area contributed by atoms with Crippen molar-refractivity contribution in [1.82, 2.24) is 14.8 Å². The van der Waals surface area contributed by atoms with E-state index in [1.165, 1.54) is 5.56 Å². The Morgan fingerprint density at radius 3 is 2.33 bits per heavy atom.